The number of aromatic nitrogens is 7. The van der Waals surface area contributed by atoms with Gasteiger partial charge < -0.3 is 4.98 Å². The minimum Gasteiger partial charge on any atom is -0.353 e. The Bertz CT molecular complexity index is 1540. The van der Waals surface area contributed by atoms with Gasteiger partial charge in [-0.15, -0.1) is 0 Å². The maximum Gasteiger partial charge on any atom is 0.135 e. The minimum absolute atomic E-state index is 0.279. The van der Waals surface area contributed by atoms with E-state index in [9.17, 15) is 4.39 Å². The van der Waals surface area contributed by atoms with Gasteiger partial charge in [-0.2, -0.15) is 10.2 Å². The Hall–Kier alpha value is -4.33. The number of pyridine rings is 2. The molecule has 8 heteroatoms. The van der Waals surface area contributed by atoms with Crippen molar-refractivity contribution in [3.63, 3.8) is 0 Å². The van der Waals surface area contributed by atoms with Crippen molar-refractivity contribution in [1.29, 1.82) is 0 Å². The molecule has 150 valence electrons. The lowest BCUT2D eigenvalue weighted by molar-refractivity contribution is 0.627. The number of nitrogens with zero attached hydrogens (tertiary/aromatic N) is 4. The summed E-state index contributed by atoms with van der Waals surface area (Å²) in [5, 5.41) is 15.2. The molecule has 7 nitrogen and oxygen atoms in total. The van der Waals surface area contributed by atoms with Crippen LogP contribution in [-0.4, -0.2) is 35.3 Å². The molecule has 0 saturated carbocycles. The first-order valence-corrected chi connectivity index (χ1v) is 9.76. The molecule has 0 aliphatic heterocycles. The lowest BCUT2D eigenvalue weighted by Gasteiger charge is -2.04. The van der Waals surface area contributed by atoms with Crippen molar-refractivity contribution < 1.29 is 4.39 Å². The number of nitrogens with one attached hydrogen (secondary N) is 3. The maximum atomic E-state index is 14.0. The fourth-order valence-electron chi connectivity index (χ4n) is 3.92. The first-order chi connectivity index (χ1) is 15.2. The molecule has 3 N–H and O–H groups in total. The van der Waals surface area contributed by atoms with E-state index >= 15 is 0 Å². The SMILES string of the molecule is Cc1cc(F)cc(-c2nccc3[nH]c(-c4n[nH]c5ccc(-c6cn[nH]c6)nc45)cc23)c1. The van der Waals surface area contributed by atoms with E-state index in [0.29, 0.717) is 5.69 Å². The molecular weight excluding hydrogens is 393 g/mol. The van der Waals surface area contributed by atoms with Crippen LogP contribution in [0, 0.1) is 12.7 Å². The van der Waals surface area contributed by atoms with Crippen LogP contribution in [0.2, 0.25) is 0 Å². The molecule has 0 atom stereocenters. The van der Waals surface area contributed by atoms with Crippen LogP contribution in [-0.2, 0) is 0 Å². The molecule has 6 rings (SSSR count). The van der Waals surface area contributed by atoms with Gasteiger partial charge in [-0.3, -0.25) is 15.2 Å². The van der Waals surface area contributed by atoms with Gasteiger partial charge in [-0.05, 0) is 55.0 Å². The highest BCUT2D eigenvalue weighted by atomic mass is 19.1. The highest BCUT2D eigenvalue weighted by molar-refractivity contribution is 5.99. The minimum atomic E-state index is -0.279. The predicted octanol–water partition coefficient (Wildman–Crippen LogP) is 5.01. The number of aromatic amines is 3. The zero-order valence-corrected chi connectivity index (χ0v) is 16.4. The summed E-state index contributed by atoms with van der Waals surface area (Å²) in [6, 6.07) is 12.7. The average Bonchev–Trinajstić information content (AvgIpc) is 3.50. The molecule has 5 heterocycles. The Morgan fingerprint density at radius 1 is 0.935 bits per heavy atom. The fourth-order valence-corrected chi connectivity index (χ4v) is 3.92. The van der Waals surface area contributed by atoms with Gasteiger partial charge >= 0.3 is 0 Å². The molecule has 6 aromatic rings. The summed E-state index contributed by atoms with van der Waals surface area (Å²) in [7, 11) is 0. The molecule has 0 amide bonds. The molecule has 0 unspecified atom stereocenters. The summed E-state index contributed by atoms with van der Waals surface area (Å²) in [4.78, 5) is 12.7. The standard InChI is InChI=1S/C23H16FN7/c1-12-6-13(8-15(24)7-12)21-16-9-20(28-18(16)4-5-25-21)23-22-19(30-31-23)3-2-17(29-22)14-10-26-27-11-14/h2-11,28H,1H3,(H,26,27)(H,30,31). The van der Waals surface area contributed by atoms with E-state index in [1.165, 1.54) is 12.1 Å². The number of fused-ring (bicyclic) bond motifs is 2. The second-order valence-electron chi connectivity index (χ2n) is 7.47. The van der Waals surface area contributed by atoms with E-state index in [1.807, 2.05) is 37.3 Å². The normalized spacial score (nSPS) is 11.5. The van der Waals surface area contributed by atoms with Crippen molar-refractivity contribution in [3.05, 3.63) is 72.4 Å². The Morgan fingerprint density at radius 3 is 2.71 bits per heavy atom. The second kappa shape index (κ2) is 6.60. The van der Waals surface area contributed by atoms with Gasteiger partial charge in [0.15, 0.2) is 0 Å². The van der Waals surface area contributed by atoms with Gasteiger partial charge in [-0.1, -0.05) is 0 Å². The molecule has 31 heavy (non-hydrogen) atoms. The van der Waals surface area contributed by atoms with Crippen LogP contribution in [0.15, 0.2) is 61.1 Å². The molecule has 5 aromatic heterocycles. The molecule has 0 bridgehead atoms. The molecule has 0 aliphatic rings. The number of hydrogen-bond acceptors (Lipinski definition) is 4. The third-order valence-corrected chi connectivity index (χ3v) is 5.32. The van der Waals surface area contributed by atoms with Crippen molar-refractivity contribution in [2.45, 2.75) is 6.92 Å². The van der Waals surface area contributed by atoms with E-state index in [2.05, 4.69) is 30.4 Å². The van der Waals surface area contributed by atoms with Crippen LogP contribution in [0.1, 0.15) is 5.56 Å². The van der Waals surface area contributed by atoms with Crippen LogP contribution in [0.25, 0.3) is 55.8 Å². The van der Waals surface area contributed by atoms with Crippen molar-refractivity contribution >= 4 is 21.9 Å². The van der Waals surface area contributed by atoms with Crippen molar-refractivity contribution in [1.82, 2.24) is 35.3 Å². The smallest absolute Gasteiger partial charge is 0.135 e. The summed E-state index contributed by atoms with van der Waals surface area (Å²) in [5.41, 5.74) is 7.99. The zero-order valence-electron chi connectivity index (χ0n) is 16.4. The largest absolute Gasteiger partial charge is 0.353 e. The van der Waals surface area contributed by atoms with Gasteiger partial charge in [0, 0.05) is 34.4 Å². The Kier molecular flexibility index (Phi) is 3.73. The van der Waals surface area contributed by atoms with Gasteiger partial charge in [0.25, 0.3) is 0 Å². The topological polar surface area (TPSA) is 98.9 Å². The first kappa shape index (κ1) is 17.5. The first-order valence-electron chi connectivity index (χ1n) is 9.76. The van der Waals surface area contributed by atoms with E-state index in [1.54, 1.807) is 18.6 Å². The van der Waals surface area contributed by atoms with Crippen LogP contribution < -0.4 is 0 Å². The van der Waals surface area contributed by atoms with Crippen LogP contribution in [0.3, 0.4) is 0 Å². The van der Waals surface area contributed by atoms with Crippen LogP contribution >= 0.6 is 0 Å². The molecule has 0 fully saturated rings. The quantitative estimate of drug-likeness (QED) is 0.383. The summed E-state index contributed by atoms with van der Waals surface area (Å²) in [6.07, 6.45) is 5.25. The zero-order chi connectivity index (χ0) is 20.9. The number of H-pyrrole nitrogens is 3. The molecule has 0 saturated heterocycles. The molecule has 1 aromatic carbocycles. The Labute approximate surface area is 175 Å². The molecule has 0 radical (unpaired) electrons. The van der Waals surface area contributed by atoms with Gasteiger partial charge in [0.2, 0.25) is 0 Å². The van der Waals surface area contributed by atoms with E-state index in [-0.39, 0.29) is 5.82 Å². The summed E-state index contributed by atoms with van der Waals surface area (Å²) in [6.45, 7) is 1.87. The Morgan fingerprint density at radius 2 is 1.87 bits per heavy atom. The fraction of sp³-hybridized carbons (Fsp3) is 0.0435. The van der Waals surface area contributed by atoms with Gasteiger partial charge in [-0.25, -0.2) is 9.37 Å². The highest BCUT2D eigenvalue weighted by Gasteiger charge is 2.16. The molecule has 0 spiro atoms. The third-order valence-electron chi connectivity index (χ3n) is 5.32. The van der Waals surface area contributed by atoms with E-state index < -0.39 is 0 Å². The second-order valence-corrected chi connectivity index (χ2v) is 7.47. The number of benzene rings is 1. The van der Waals surface area contributed by atoms with E-state index in [0.717, 1.165) is 55.7 Å². The van der Waals surface area contributed by atoms with Gasteiger partial charge in [0.05, 0.1) is 28.8 Å². The average molecular weight is 409 g/mol. The number of rotatable bonds is 3. The monoisotopic (exact) mass is 409 g/mol. The summed E-state index contributed by atoms with van der Waals surface area (Å²) < 4.78 is 14.0. The van der Waals surface area contributed by atoms with Crippen LogP contribution in [0.4, 0.5) is 4.39 Å². The summed E-state index contributed by atoms with van der Waals surface area (Å²) >= 11 is 0. The Balaban J connectivity index is 1.53. The molecular formula is C23H16FN7. The van der Waals surface area contributed by atoms with Crippen molar-refractivity contribution in [2.75, 3.05) is 0 Å². The molecule has 0 aliphatic carbocycles. The number of halogens is 1. The van der Waals surface area contributed by atoms with Crippen LogP contribution in [0.5, 0.6) is 0 Å². The number of hydrogen-bond donors (Lipinski definition) is 3. The highest BCUT2D eigenvalue weighted by Crippen LogP contribution is 2.33. The van der Waals surface area contributed by atoms with Crippen molar-refractivity contribution in [3.8, 4) is 33.9 Å². The van der Waals surface area contributed by atoms with Gasteiger partial charge in [0.1, 0.15) is 17.0 Å². The predicted molar refractivity (Wildman–Crippen MR) is 117 cm³/mol. The lowest BCUT2D eigenvalue weighted by Crippen LogP contribution is -1.87. The number of aryl methyl sites for hydroxylation is 1. The summed E-state index contributed by atoms with van der Waals surface area (Å²) in [5.74, 6) is -0.279. The van der Waals surface area contributed by atoms with Crippen molar-refractivity contribution in [2.24, 2.45) is 0 Å². The maximum absolute atomic E-state index is 14.0. The van der Waals surface area contributed by atoms with E-state index in [4.69, 9.17) is 4.98 Å². The third kappa shape index (κ3) is 2.88. The lowest BCUT2D eigenvalue weighted by atomic mass is 10.0.